The van der Waals surface area contributed by atoms with E-state index in [1.54, 1.807) is 0 Å². The summed E-state index contributed by atoms with van der Waals surface area (Å²) in [6, 6.07) is 17.9. The van der Waals surface area contributed by atoms with Gasteiger partial charge in [0.25, 0.3) is 0 Å². The number of rotatable bonds is 12. The Morgan fingerprint density at radius 2 is 1.87 bits per heavy atom. The molecule has 3 atom stereocenters. The van der Waals surface area contributed by atoms with Gasteiger partial charge in [-0.1, -0.05) is 68.5 Å². The number of benzene rings is 2. The van der Waals surface area contributed by atoms with E-state index in [-0.39, 0.29) is 10.8 Å². The highest BCUT2D eigenvalue weighted by molar-refractivity contribution is 6.05. The van der Waals surface area contributed by atoms with Gasteiger partial charge in [-0.15, -0.1) is 13.2 Å². The molecule has 1 fully saturated rings. The highest BCUT2D eigenvalue weighted by atomic mass is 15.2. The van der Waals surface area contributed by atoms with Crippen molar-refractivity contribution in [3.63, 3.8) is 0 Å². The number of likely N-dealkylation sites (N-methyl/N-ethyl adjacent to an activating group) is 1. The van der Waals surface area contributed by atoms with Crippen LogP contribution in [-0.4, -0.2) is 36.5 Å². The van der Waals surface area contributed by atoms with Crippen molar-refractivity contribution >= 4 is 17.1 Å². The van der Waals surface area contributed by atoms with Crippen molar-refractivity contribution in [1.29, 1.82) is 5.26 Å². The summed E-state index contributed by atoms with van der Waals surface area (Å²) in [6.07, 6.45) is 23.2. The number of nitrogens with zero attached hydrogens (tertiary/aromatic N) is 3. The number of fused-ring (bicyclic) bond motifs is 2. The van der Waals surface area contributed by atoms with Crippen molar-refractivity contribution in [3.8, 4) is 6.07 Å². The van der Waals surface area contributed by atoms with Crippen LogP contribution in [0.3, 0.4) is 0 Å². The third-order valence-electron chi connectivity index (χ3n) is 10.9. The smallest absolute Gasteiger partial charge is 0.209 e. The number of para-hydroxylation sites is 1. The fraction of sp³-hybridized carbons (Fsp3) is 0.381. The molecule has 2 unspecified atom stereocenters. The van der Waals surface area contributed by atoms with Crippen molar-refractivity contribution < 1.29 is 4.58 Å². The van der Waals surface area contributed by atoms with E-state index in [0.717, 1.165) is 45.2 Å². The van der Waals surface area contributed by atoms with Crippen LogP contribution < -0.4 is 10.2 Å². The van der Waals surface area contributed by atoms with Crippen LogP contribution in [0.1, 0.15) is 69.6 Å². The van der Waals surface area contributed by atoms with Crippen LogP contribution in [0.2, 0.25) is 0 Å². The molecule has 2 aromatic carbocycles. The summed E-state index contributed by atoms with van der Waals surface area (Å²) in [5.74, 6) is 0.883. The largest absolute Gasteiger partial charge is 0.347 e. The van der Waals surface area contributed by atoms with Crippen LogP contribution in [0, 0.1) is 23.2 Å². The topological polar surface area (TPSA) is 52.0 Å². The molecule has 3 heterocycles. The SMILES string of the molecule is C=CCC[N+]1=C(/C=C(/C=C2\N(C)c3ccccc3C2(C)CC)[C@H]2CN2)C(CC=C)(CCC2C=CC(C)C=C2)c2cc(C#N)ccc21. The molecule has 236 valence electrons. The standard InChI is InChI=1S/C42H49N4/c1-7-10-24-46-38-20-19-32(28-43)25-35(38)42(22-8-2,23-21-31-17-15-30(4)16-18-31)40(46)27-33(36-29-44-36)26-39-41(5,9-3)34-13-11-12-14-37(34)45(39)6/h7-8,11-20,25-27,30-31,36,44H,1-2,9-10,21-24,29H2,3-6H3/q+1/t30?,31?,36-,41?,42?/m1/s1. The molecule has 0 bridgehead atoms. The van der Waals surface area contributed by atoms with E-state index in [0.29, 0.717) is 23.4 Å². The van der Waals surface area contributed by atoms with Gasteiger partial charge >= 0.3 is 0 Å². The molecule has 1 N–H and O–H groups in total. The van der Waals surface area contributed by atoms with E-state index in [4.69, 9.17) is 0 Å². The minimum atomic E-state index is -0.299. The van der Waals surface area contributed by atoms with Gasteiger partial charge in [0.05, 0.1) is 17.0 Å². The molecule has 0 aromatic heterocycles. The first-order valence-electron chi connectivity index (χ1n) is 17.1. The summed E-state index contributed by atoms with van der Waals surface area (Å²) in [6.45, 7) is 17.1. The molecule has 0 saturated carbocycles. The molecular weight excluding hydrogens is 560 g/mol. The number of hydrogen-bond acceptors (Lipinski definition) is 3. The summed E-state index contributed by atoms with van der Waals surface area (Å²) < 4.78 is 2.52. The third kappa shape index (κ3) is 5.56. The first kappa shape index (κ1) is 31.8. The number of allylic oxidation sites excluding steroid dienone is 7. The zero-order valence-corrected chi connectivity index (χ0v) is 28.1. The van der Waals surface area contributed by atoms with Crippen molar-refractivity contribution in [2.75, 3.05) is 25.0 Å². The number of anilines is 1. The molecule has 6 rings (SSSR count). The highest BCUT2D eigenvalue weighted by Gasteiger charge is 2.51. The molecule has 1 aliphatic carbocycles. The lowest BCUT2D eigenvalue weighted by Gasteiger charge is -2.29. The van der Waals surface area contributed by atoms with Gasteiger partial charge in [-0.25, -0.2) is 0 Å². The quantitative estimate of drug-likeness (QED) is 0.149. The van der Waals surface area contributed by atoms with Crippen LogP contribution in [-0.2, 0) is 10.8 Å². The van der Waals surface area contributed by atoms with Crippen molar-refractivity contribution in [3.05, 3.63) is 132 Å². The zero-order chi connectivity index (χ0) is 32.5. The van der Waals surface area contributed by atoms with E-state index in [1.165, 1.54) is 39.5 Å². The maximum absolute atomic E-state index is 10.0. The fourth-order valence-electron chi connectivity index (χ4n) is 7.97. The monoisotopic (exact) mass is 609 g/mol. The molecule has 3 aliphatic heterocycles. The van der Waals surface area contributed by atoms with Crippen LogP contribution >= 0.6 is 0 Å². The van der Waals surface area contributed by atoms with Gasteiger partial charge in [0.15, 0.2) is 12.3 Å². The Labute approximate surface area is 276 Å². The summed E-state index contributed by atoms with van der Waals surface area (Å²) in [4.78, 5) is 2.40. The average Bonchev–Trinajstić information content (AvgIpc) is 3.87. The van der Waals surface area contributed by atoms with Gasteiger partial charge in [0.2, 0.25) is 5.69 Å². The molecule has 1 saturated heterocycles. The second-order valence-corrected chi connectivity index (χ2v) is 13.8. The molecule has 4 aliphatic rings. The molecule has 0 amide bonds. The third-order valence-corrected chi connectivity index (χ3v) is 10.9. The average molecular weight is 610 g/mol. The van der Waals surface area contributed by atoms with Gasteiger partial charge in [0.1, 0.15) is 0 Å². The van der Waals surface area contributed by atoms with Gasteiger partial charge in [-0.05, 0) is 79.9 Å². The first-order valence-corrected chi connectivity index (χ1v) is 17.1. The molecule has 4 nitrogen and oxygen atoms in total. The molecule has 2 aromatic rings. The molecule has 0 radical (unpaired) electrons. The van der Waals surface area contributed by atoms with Crippen molar-refractivity contribution in [2.24, 2.45) is 11.8 Å². The summed E-state index contributed by atoms with van der Waals surface area (Å²) in [7, 11) is 2.22. The summed E-state index contributed by atoms with van der Waals surface area (Å²) in [5.41, 5.74) is 9.47. The van der Waals surface area contributed by atoms with Crippen molar-refractivity contribution in [2.45, 2.75) is 69.7 Å². The van der Waals surface area contributed by atoms with Crippen LogP contribution in [0.15, 0.2) is 116 Å². The minimum absolute atomic E-state index is 0.0676. The Bertz CT molecular complexity index is 1710. The number of hydrogen-bond donors (Lipinski definition) is 1. The maximum Gasteiger partial charge on any atom is 0.209 e. The minimum Gasteiger partial charge on any atom is -0.347 e. The van der Waals surface area contributed by atoms with Gasteiger partial charge in [-0.3, -0.25) is 0 Å². The molecular formula is C42H49N4+. The Morgan fingerprint density at radius 3 is 2.54 bits per heavy atom. The zero-order valence-electron chi connectivity index (χ0n) is 28.1. The Hall–Kier alpha value is -4.20. The predicted octanol–water partition coefficient (Wildman–Crippen LogP) is 8.81. The Balaban J connectivity index is 1.54. The Kier molecular flexibility index (Phi) is 8.90. The van der Waals surface area contributed by atoms with Gasteiger partial charge in [-0.2, -0.15) is 9.84 Å². The fourth-order valence-corrected chi connectivity index (χ4v) is 7.97. The van der Waals surface area contributed by atoms with Crippen molar-refractivity contribution in [1.82, 2.24) is 5.32 Å². The van der Waals surface area contributed by atoms with E-state index < -0.39 is 0 Å². The lowest BCUT2D eigenvalue weighted by molar-refractivity contribution is -0.436. The van der Waals surface area contributed by atoms with Crippen LogP contribution in [0.5, 0.6) is 0 Å². The van der Waals surface area contributed by atoms with Crippen LogP contribution in [0.4, 0.5) is 11.4 Å². The molecule has 0 spiro atoms. The maximum atomic E-state index is 10.0. The second kappa shape index (κ2) is 12.9. The lowest BCUT2D eigenvalue weighted by Crippen LogP contribution is -2.35. The molecule has 4 heteroatoms. The number of nitrogens with one attached hydrogen (secondary N) is 1. The molecule has 46 heavy (non-hydrogen) atoms. The van der Waals surface area contributed by atoms with Crippen LogP contribution in [0.25, 0.3) is 0 Å². The second-order valence-electron chi connectivity index (χ2n) is 13.8. The summed E-state index contributed by atoms with van der Waals surface area (Å²) >= 11 is 0. The normalized spacial score (nSPS) is 28.8. The van der Waals surface area contributed by atoms with E-state index in [2.05, 4.69) is 141 Å². The Morgan fingerprint density at radius 1 is 1.11 bits per heavy atom. The van der Waals surface area contributed by atoms with E-state index >= 15 is 0 Å². The summed E-state index contributed by atoms with van der Waals surface area (Å²) in [5, 5.41) is 13.7. The number of nitriles is 1. The van der Waals surface area contributed by atoms with Gasteiger partial charge in [0, 0.05) is 60.6 Å². The van der Waals surface area contributed by atoms with E-state index in [1.807, 2.05) is 12.1 Å². The highest BCUT2D eigenvalue weighted by Crippen LogP contribution is 2.51. The predicted molar refractivity (Wildman–Crippen MR) is 193 cm³/mol. The first-order chi connectivity index (χ1) is 22.3. The van der Waals surface area contributed by atoms with E-state index in [9.17, 15) is 5.26 Å². The van der Waals surface area contributed by atoms with Gasteiger partial charge < -0.3 is 10.2 Å². The lowest BCUT2D eigenvalue weighted by atomic mass is 9.69.